The van der Waals surface area contributed by atoms with Gasteiger partial charge in [0.2, 0.25) is 0 Å². The van der Waals surface area contributed by atoms with Crippen molar-refractivity contribution in [2.24, 2.45) is 0 Å². The molecule has 0 fully saturated rings. The third-order valence-corrected chi connectivity index (χ3v) is 24.4. The molecule has 148 valence electrons. The molecule has 0 bridgehead atoms. The van der Waals surface area contributed by atoms with Crippen molar-refractivity contribution in [2.75, 3.05) is 0 Å². The summed E-state index contributed by atoms with van der Waals surface area (Å²) < 4.78 is 6.42. The standard InChI is InChI=1S/C12H17Si.3C4H9.Sn/c1-11(13(2,3)4)10-12-8-6-5-7-9-12;3*1-3-4-2;/h5-10H,1H2,2-4H3;3*1,3-4H2,2H3;/b11-10-;;;;. The first kappa shape index (κ1) is 24.0. The Morgan fingerprint density at radius 3 is 1.65 bits per heavy atom. The number of hydrogen-bond acceptors (Lipinski definition) is 0. The molecule has 2 heteroatoms. The minimum atomic E-state index is -2.11. The average Bonchev–Trinajstić information content (AvgIpc) is 2.62. The van der Waals surface area contributed by atoms with Gasteiger partial charge in [0.05, 0.1) is 0 Å². The van der Waals surface area contributed by atoms with Gasteiger partial charge in [0.1, 0.15) is 0 Å². The van der Waals surface area contributed by atoms with E-state index in [2.05, 4.69) is 76.8 Å². The first-order valence-corrected chi connectivity index (χ1v) is 22.7. The van der Waals surface area contributed by atoms with Crippen molar-refractivity contribution in [3.05, 3.63) is 41.1 Å². The Morgan fingerprint density at radius 1 is 0.808 bits per heavy atom. The van der Waals surface area contributed by atoms with Crippen molar-refractivity contribution < 1.29 is 0 Å². The Kier molecular flexibility index (Phi) is 11.5. The molecular weight excluding hydrogens is 435 g/mol. The fraction of sp³-hybridized carbons (Fsp3) is 0.667. The van der Waals surface area contributed by atoms with Crippen LogP contribution >= 0.6 is 0 Å². The van der Waals surface area contributed by atoms with Crippen LogP contribution in [0.15, 0.2) is 35.5 Å². The van der Waals surface area contributed by atoms with Crippen LogP contribution in [-0.2, 0) is 0 Å². The molecular formula is C24H44SiSn. The molecule has 0 aliphatic rings. The molecule has 1 rings (SSSR count). The fourth-order valence-corrected chi connectivity index (χ4v) is 27.9. The zero-order valence-corrected chi connectivity index (χ0v) is 22.4. The van der Waals surface area contributed by atoms with Crippen LogP contribution in [-0.4, -0.2) is 26.5 Å². The zero-order valence-electron chi connectivity index (χ0n) is 18.5. The van der Waals surface area contributed by atoms with Gasteiger partial charge in [-0.1, -0.05) is 0 Å². The Labute approximate surface area is 169 Å². The molecule has 0 nitrogen and oxygen atoms in total. The molecule has 0 heterocycles. The third-order valence-electron chi connectivity index (χ3n) is 5.85. The second-order valence-electron chi connectivity index (χ2n) is 9.32. The Balaban J connectivity index is 3.19. The summed E-state index contributed by atoms with van der Waals surface area (Å²) in [6.07, 6.45) is 11.2. The first-order valence-electron chi connectivity index (χ1n) is 11.1. The van der Waals surface area contributed by atoms with Gasteiger partial charge in [0.15, 0.2) is 0 Å². The van der Waals surface area contributed by atoms with Gasteiger partial charge in [-0.05, 0) is 0 Å². The summed E-state index contributed by atoms with van der Waals surface area (Å²) in [4.78, 5) is 0. The molecule has 0 N–H and O–H groups in total. The molecule has 1 aromatic carbocycles. The zero-order chi connectivity index (χ0) is 19.5. The van der Waals surface area contributed by atoms with E-state index in [9.17, 15) is 0 Å². The maximum absolute atomic E-state index is 2.60. The molecule has 0 amide bonds. The van der Waals surface area contributed by atoms with Crippen molar-refractivity contribution >= 4 is 32.5 Å². The average molecular weight is 479 g/mol. The number of benzene rings is 1. The van der Waals surface area contributed by atoms with E-state index in [1.807, 2.05) is 5.20 Å². The van der Waals surface area contributed by atoms with Gasteiger partial charge in [-0.25, -0.2) is 0 Å². The second-order valence-corrected chi connectivity index (χ2v) is 28.3. The fourth-order valence-electron chi connectivity index (χ4n) is 3.98. The molecule has 0 atom stereocenters. The van der Waals surface area contributed by atoms with E-state index in [1.54, 1.807) is 17.7 Å². The minimum absolute atomic E-state index is 1.28. The van der Waals surface area contributed by atoms with Gasteiger partial charge in [0, 0.05) is 0 Å². The van der Waals surface area contributed by atoms with Crippen LogP contribution in [0.4, 0.5) is 0 Å². The van der Waals surface area contributed by atoms with Crippen LogP contribution in [0.3, 0.4) is 0 Å². The molecule has 0 saturated heterocycles. The Bertz CT molecular complexity index is 491. The SMILES string of the molecule is CCC[CH2][Sn]([CH2]CCC)([CH2]CCC)[CH2]/C(=C/c1ccccc1)[Si](C)(C)C. The third kappa shape index (κ3) is 8.78. The summed E-state index contributed by atoms with van der Waals surface area (Å²) in [7, 11) is -1.28. The van der Waals surface area contributed by atoms with Gasteiger partial charge >= 0.3 is 170 Å². The van der Waals surface area contributed by atoms with E-state index >= 15 is 0 Å². The predicted molar refractivity (Wildman–Crippen MR) is 127 cm³/mol. The summed E-state index contributed by atoms with van der Waals surface area (Å²) in [6.45, 7) is 14.9. The number of allylic oxidation sites excluding steroid dienone is 1. The molecule has 26 heavy (non-hydrogen) atoms. The normalized spacial score (nSPS) is 13.2. The van der Waals surface area contributed by atoms with Gasteiger partial charge in [-0.2, -0.15) is 0 Å². The van der Waals surface area contributed by atoms with Crippen molar-refractivity contribution in [3.63, 3.8) is 0 Å². The number of hydrogen-bond donors (Lipinski definition) is 0. The summed E-state index contributed by atoms with van der Waals surface area (Å²) >= 11 is -2.11. The topological polar surface area (TPSA) is 0 Å². The summed E-state index contributed by atoms with van der Waals surface area (Å²) in [5.74, 6) is 0. The van der Waals surface area contributed by atoms with Crippen LogP contribution < -0.4 is 0 Å². The van der Waals surface area contributed by atoms with E-state index in [-0.39, 0.29) is 0 Å². The Hall–Kier alpha value is -0.0244. The number of unbranched alkanes of at least 4 members (excludes halogenated alkanes) is 3. The molecule has 0 unspecified atom stereocenters. The van der Waals surface area contributed by atoms with Crippen LogP contribution in [0.2, 0.25) is 37.4 Å². The molecule has 0 radical (unpaired) electrons. The molecule has 0 saturated carbocycles. The van der Waals surface area contributed by atoms with Gasteiger partial charge in [-0.15, -0.1) is 0 Å². The van der Waals surface area contributed by atoms with Crippen LogP contribution in [0.25, 0.3) is 6.08 Å². The molecule has 0 aromatic heterocycles. The van der Waals surface area contributed by atoms with Crippen molar-refractivity contribution in [3.8, 4) is 0 Å². The van der Waals surface area contributed by atoms with Gasteiger partial charge < -0.3 is 0 Å². The summed E-state index contributed by atoms with van der Waals surface area (Å²) in [5.41, 5.74) is 1.42. The number of rotatable bonds is 13. The second kappa shape index (κ2) is 12.4. The quantitative estimate of drug-likeness (QED) is 0.248. The molecule has 0 aliphatic heterocycles. The molecule has 1 aromatic rings. The molecule has 0 spiro atoms. The summed E-state index contributed by atoms with van der Waals surface area (Å²) in [5, 5.41) is 1.86. The molecule has 0 aliphatic carbocycles. The Morgan fingerprint density at radius 2 is 1.27 bits per heavy atom. The van der Waals surface area contributed by atoms with Crippen LogP contribution in [0.1, 0.15) is 64.9 Å². The maximum atomic E-state index is 2.60. The van der Waals surface area contributed by atoms with E-state index in [0.29, 0.717) is 0 Å². The summed E-state index contributed by atoms with van der Waals surface area (Å²) in [6, 6.07) is 11.1. The van der Waals surface area contributed by atoms with Crippen LogP contribution in [0.5, 0.6) is 0 Å². The van der Waals surface area contributed by atoms with Crippen molar-refractivity contribution in [1.29, 1.82) is 0 Å². The van der Waals surface area contributed by atoms with E-state index < -0.39 is 26.5 Å². The van der Waals surface area contributed by atoms with Gasteiger partial charge in [0.25, 0.3) is 0 Å². The van der Waals surface area contributed by atoms with Gasteiger partial charge in [-0.3, -0.25) is 0 Å². The predicted octanol–water partition coefficient (Wildman–Crippen LogP) is 8.80. The van der Waals surface area contributed by atoms with Crippen LogP contribution in [0, 0.1) is 0 Å². The van der Waals surface area contributed by atoms with E-state index in [4.69, 9.17) is 0 Å². The van der Waals surface area contributed by atoms with Crippen molar-refractivity contribution in [1.82, 2.24) is 0 Å². The van der Waals surface area contributed by atoms with E-state index in [1.165, 1.54) is 44.1 Å². The van der Waals surface area contributed by atoms with Crippen molar-refractivity contribution in [2.45, 2.75) is 96.7 Å². The van der Waals surface area contributed by atoms with E-state index in [0.717, 1.165) is 0 Å². The first-order chi connectivity index (χ1) is 12.4. The monoisotopic (exact) mass is 480 g/mol.